The maximum Gasteiger partial charge on any atom is 0.0717 e. The van der Waals surface area contributed by atoms with Crippen molar-refractivity contribution in [1.82, 2.24) is 10.6 Å². The normalized spacial score (nSPS) is 30.5. The molecule has 2 unspecified atom stereocenters. The van der Waals surface area contributed by atoms with Gasteiger partial charge in [-0.3, -0.25) is 0 Å². The number of nitrogens with one attached hydrogen (secondary N) is 2. The van der Waals surface area contributed by atoms with Gasteiger partial charge in [-0.2, -0.15) is 0 Å². The lowest BCUT2D eigenvalue weighted by Gasteiger charge is -2.29. The minimum absolute atomic E-state index is 0.189. The summed E-state index contributed by atoms with van der Waals surface area (Å²) in [6.45, 7) is 3.28. The van der Waals surface area contributed by atoms with Gasteiger partial charge in [0.1, 0.15) is 0 Å². The van der Waals surface area contributed by atoms with Crippen LogP contribution in [0.5, 0.6) is 0 Å². The zero-order chi connectivity index (χ0) is 8.81. The first-order valence-electron chi connectivity index (χ1n) is 4.45. The summed E-state index contributed by atoms with van der Waals surface area (Å²) in [6.07, 6.45) is 0.632. The fraction of sp³-hybridized carbons (Fsp3) is 1.00. The van der Waals surface area contributed by atoms with Crippen LogP contribution in [-0.4, -0.2) is 50.6 Å². The third-order valence-corrected chi connectivity index (χ3v) is 2.16. The van der Waals surface area contributed by atoms with E-state index in [1.54, 1.807) is 7.11 Å². The van der Waals surface area contributed by atoms with Crippen molar-refractivity contribution in [2.24, 2.45) is 0 Å². The number of hydrogen-bond donors (Lipinski definition) is 3. The van der Waals surface area contributed by atoms with Crippen LogP contribution in [0.15, 0.2) is 0 Å². The molecule has 0 aromatic heterocycles. The summed E-state index contributed by atoms with van der Waals surface area (Å²) in [5.74, 6) is 0. The van der Waals surface area contributed by atoms with Crippen molar-refractivity contribution in [2.75, 3.05) is 33.4 Å². The van der Waals surface area contributed by atoms with Gasteiger partial charge in [-0.25, -0.2) is 0 Å². The van der Waals surface area contributed by atoms with Crippen molar-refractivity contribution in [3.05, 3.63) is 0 Å². The van der Waals surface area contributed by atoms with Crippen molar-refractivity contribution in [3.63, 3.8) is 0 Å². The van der Waals surface area contributed by atoms with Gasteiger partial charge in [0, 0.05) is 26.2 Å². The smallest absolute Gasteiger partial charge is 0.0717 e. The quantitative estimate of drug-likeness (QED) is 0.476. The van der Waals surface area contributed by atoms with Crippen molar-refractivity contribution in [3.8, 4) is 0 Å². The first-order valence-corrected chi connectivity index (χ1v) is 4.45. The van der Waals surface area contributed by atoms with Crippen LogP contribution in [0.2, 0.25) is 0 Å². The van der Waals surface area contributed by atoms with E-state index in [1.807, 2.05) is 0 Å². The van der Waals surface area contributed by atoms with Gasteiger partial charge in [0.25, 0.3) is 0 Å². The van der Waals surface area contributed by atoms with E-state index in [0.717, 1.165) is 26.1 Å². The molecule has 12 heavy (non-hydrogen) atoms. The van der Waals surface area contributed by atoms with Gasteiger partial charge in [-0.15, -0.1) is 0 Å². The number of hydrogen-bond acceptors (Lipinski definition) is 4. The minimum Gasteiger partial charge on any atom is -0.391 e. The van der Waals surface area contributed by atoms with E-state index in [9.17, 15) is 5.11 Å². The first-order chi connectivity index (χ1) is 5.84. The number of piperidine rings is 1. The number of rotatable bonds is 4. The molecule has 0 spiro atoms. The first kappa shape index (κ1) is 9.92. The van der Waals surface area contributed by atoms with Crippen LogP contribution >= 0.6 is 0 Å². The van der Waals surface area contributed by atoms with Crippen LogP contribution in [0.25, 0.3) is 0 Å². The molecular formula is C8H18N2O2. The van der Waals surface area contributed by atoms with E-state index >= 15 is 0 Å². The Labute approximate surface area is 73.3 Å². The molecule has 4 heteroatoms. The Balaban J connectivity index is 2.11. The molecule has 0 aromatic rings. The van der Waals surface area contributed by atoms with Crippen LogP contribution in [0, 0.1) is 0 Å². The lowest BCUT2D eigenvalue weighted by molar-refractivity contribution is 0.0935. The molecule has 0 aromatic carbocycles. The Kier molecular flexibility index (Phi) is 4.53. The summed E-state index contributed by atoms with van der Waals surface area (Å²) in [7, 11) is 1.68. The summed E-state index contributed by atoms with van der Waals surface area (Å²) in [6, 6.07) is 0.189. The number of aliphatic hydroxyl groups is 1. The van der Waals surface area contributed by atoms with E-state index in [1.165, 1.54) is 0 Å². The zero-order valence-electron chi connectivity index (χ0n) is 7.55. The second kappa shape index (κ2) is 5.48. The molecule has 1 aliphatic rings. The third-order valence-electron chi connectivity index (χ3n) is 2.16. The maximum absolute atomic E-state index is 9.52. The highest BCUT2D eigenvalue weighted by Crippen LogP contribution is 2.02. The van der Waals surface area contributed by atoms with Gasteiger partial charge >= 0.3 is 0 Å². The summed E-state index contributed by atoms with van der Waals surface area (Å²) in [4.78, 5) is 0. The molecule has 1 heterocycles. The van der Waals surface area contributed by atoms with Crippen molar-refractivity contribution in [2.45, 2.75) is 18.6 Å². The molecule has 3 N–H and O–H groups in total. The number of methoxy groups -OCH3 is 1. The van der Waals surface area contributed by atoms with Crippen LogP contribution in [0.4, 0.5) is 0 Å². The van der Waals surface area contributed by atoms with Crippen molar-refractivity contribution < 1.29 is 9.84 Å². The van der Waals surface area contributed by atoms with Crippen LogP contribution in [0.1, 0.15) is 6.42 Å². The van der Waals surface area contributed by atoms with Crippen LogP contribution in [0.3, 0.4) is 0 Å². The highest BCUT2D eigenvalue weighted by atomic mass is 16.5. The van der Waals surface area contributed by atoms with Gasteiger partial charge in [0.15, 0.2) is 0 Å². The molecule has 1 saturated heterocycles. The molecule has 0 saturated carbocycles. The van der Waals surface area contributed by atoms with Gasteiger partial charge in [-0.1, -0.05) is 0 Å². The summed E-state index contributed by atoms with van der Waals surface area (Å²) in [5, 5.41) is 16.0. The Hall–Kier alpha value is -0.160. The lowest BCUT2D eigenvalue weighted by Crippen LogP contribution is -2.52. The predicted octanol–water partition coefficient (Wildman–Crippen LogP) is -1.05. The molecule has 2 atom stereocenters. The van der Waals surface area contributed by atoms with Gasteiger partial charge < -0.3 is 20.5 Å². The lowest BCUT2D eigenvalue weighted by atomic mass is 10.0. The highest BCUT2D eigenvalue weighted by Gasteiger charge is 2.21. The van der Waals surface area contributed by atoms with Crippen LogP contribution < -0.4 is 10.6 Å². The Morgan fingerprint density at radius 3 is 3.17 bits per heavy atom. The zero-order valence-corrected chi connectivity index (χ0v) is 7.55. The molecule has 1 fully saturated rings. The molecule has 0 aliphatic carbocycles. The number of ether oxygens (including phenoxy) is 1. The van der Waals surface area contributed by atoms with E-state index in [4.69, 9.17) is 4.74 Å². The van der Waals surface area contributed by atoms with Gasteiger partial charge in [0.2, 0.25) is 0 Å². The Bertz CT molecular complexity index is 122. The Morgan fingerprint density at radius 1 is 1.67 bits per heavy atom. The second-order valence-corrected chi connectivity index (χ2v) is 3.11. The molecule has 1 aliphatic heterocycles. The topological polar surface area (TPSA) is 53.5 Å². The van der Waals surface area contributed by atoms with E-state index < -0.39 is 0 Å². The van der Waals surface area contributed by atoms with E-state index in [2.05, 4.69) is 10.6 Å². The molecule has 0 bridgehead atoms. The SMILES string of the molecule is COCCNC1CNCCC1O. The highest BCUT2D eigenvalue weighted by molar-refractivity contribution is 4.82. The molecule has 72 valence electrons. The van der Waals surface area contributed by atoms with Crippen LogP contribution in [-0.2, 0) is 4.74 Å². The number of aliphatic hydroxyl groups excluding tert-OH is 1. The molecule has 0 radical (unpaired) electrons. The third kappa shape index (κ3) is 3.06. The molecule has 4 nitrogen and oxygen atoms in total. The molecule has 0 amide bonds. The van der Waals surface area contributed by atoms with E-state index in [-0.39, 0.29) is 12.1 Å². The summed E-state index contributed by atoms with van der Waals surface area (Å²) in [5.41, 5.74) is 0. The second-order valence-electron chi connectivity index (χ2n) is 3.11. The summed E-state index contributed by atoms with van der Waals surface area (Å²) < 4.78 is 4.90. The minimum atomic E-state index is -0.205. The van der Waals surface area contributed by atoms with Crippen molar-refractivity contribution in [1.29, 1.82) is 0 Å². The van der Waals surface area contributed by atoms with E-state index in [0.29, 0.717) is 6.61 Å². The fourth-order valence-electron chi connectivity index (χ4n) is 1.40. The summed E-state index contributed by atoms with van der Waals surface area (Å²) >= 11 is 0. The molecular weight excluding hydrogens is 156 g/mol. The van der Waals surface area contributed by atoms with Gasteiger partial charge in [0.05, 0.1) is 12.7 Å². The average Bonchev–Trinajstić information content (AvgIpc) is 2.09. The fourth-order valence-corrected chi connectivity index (χ4v) is 1.40. The standard InChI is InChI=1S/C8H18N2O2/c1-12-5-4-10-7-6-9-3-2-8(7)11/h7-11H,2-6H2,1H3. The largest absolute Gasteiger partial charge is 0.391 e. The van der Waals surface area contributed by atoms with Gasteiger partial charge in [-0.05, 0) is 13.0 Å². The Morgan fingerprint density at radius 2 is 2.50 bits per heavy atom. The molecule has 1 rings (SSSR count). The maximum atomic E-state index is 9.52. The monoisotopic (exact) mass is 174 g/mol. The predicted molar refractivity (Wildman–Crippen MR) is 47.2 cm³/mol. The average molecular weight is 174 g/mol. The van der Waals surface area contributed by atoms with Crippen molar-refractivity contribution >= 4 is 0 Å².